The lowest BCUT2D eigenvalue weighted by molar-refractivity contribution is -0.117. The molecule has 37 heavy (non-hydrogen) atoms. The topological polar surface area (TPSA) is 109 Å². The van der Waals surface area contributed by atoms with Gasteiger partial charge in [0.1, 0.15) is 23.9 Å². The van der Waals surface area contributed by atoms with E-state index in [0.29, 0.717) is 33.7 Å². The Balaban J connectivity index is 1.56. The van der Waals surface area contributed by atoms with Gasteiger partial charge in [-0.3, -0.25) is 14.2 Å². The number of anilines is 1. The summed E-state index contributed by atoms with van der Waals surface area (Å²) in [5, 5.41) is 7.35. The Labute approximate surface area is 209 Å². The second-order valence-electron chi connectivity index (χ2n) is 8.26. The van der Waals surface area contributed by atoms with Crippen molar-refractivity contribution in [3.63, 3.8) is 0 Å². The summed E-state index contributed by atoms with van der Waals surface area (Å²) < 4.78 is 27.5. The van der Waals surface area contributed by atoms with Crippen LogP contribution in [0.4, 0.5) is 10.1 Å². The molecule has 5 aromatic rings. The molecule has 0 unspecified atom stereocenters. The lowest BCUT2D eigenvalue weighted by Gasteiger charge is -2.10. The first-order chi connectivity index (χ1) is 17.9. The number of para-hydroxylation sites is 1. The monoisotopic (exact) mass is 503 g/mol. The fraction of sp³-hybridized carbons (Fsp3) is 0.154. The summed E-state index contributed by atoms with van der Waals surface area (Å²) in [7, 11) is 2.98. The number of hydrogen-bond acceptors (Lipinski definition) is 6. The number of benzene rings is 3. The molecule has 0 aliphatic carbocycles. The number of fused-ring (bicyclic) bond motifs is 3. The number of methoxy groups -OCH3 is 2. The maximum atomic E-state index is 13.4. The fourth-order valence-electron chi connectivity index (χ4n) is 4.10. The van der Waals surface area contributed by atoms with Gasteiger partial charge in [0.05, 0.1) is 31.7 Å². The summed E-state index contributed by atoms with van der Waals surface area (Å²) in [6.07, 6.45) is 0. The smallest absolute Gasteiger partial charge is 0.352 e. The Morgan fingerprint density at radius 1 is 0.973 bits per heavy atom. The van der Waals surface area contributed by atoms with Gasteiger partial charge >= 0.3 is 5.69 Å². The molecular formula is C26H22FN5O5. The van der Waals surface area contributed by atoms with Crippen molar-refractivity contribution in [1.29, 1.82) is 0 Å². The molecular weight excluding hydrogens is 481 g/mol. The van der Waals surface area contributed by atoms with Crippen LogP contribution in [0.1, 0.15) is 5.56 Å². The van der Waals surface area contributed by atoms with Gasteiger partial charge < -0.3 is 14.8 Å². The molecule has 2 heterocycles. The third kappa shape index (κ3) is 4.54. The van der Waals surface area contributed by atoms with Crippen molar-refractivity contribution in [2.45, 2.75) is 13.1 Å². The first-order valence-electron chi connectivity index (χ1n) is 11.3. The van der Waals surface area contributed by atoms with E-state index in [1.807, 2.05) is 0 Å². The summed E-state index contributed by atoms with van der Waals surface area (Å²) in [6.45, 7) is -0.348. The first kappa shape index (κ1) is 23.8. The summed E-state index contributed by atoms with van der Waals surface area (Å²) in [5.74, 6) is 0.109. The Morgan fingerprint density at radius 3 is 2.32 bits per heavy atom. The normalized spacial score (nSPS) is 11.1. The number of nitrogens with zero attached hydrogens (tertiary/aromatic N) is 4. The van der Waals surface area contributed by atoms with E-state index in [0.717, 1.165) is 4.68 Å². The van der Waals surface area contributed by atoms with Crippen LogP contribution in [0.5, 0.6) is 11.5 Å². The molecule has 0 saturated carbocycles. The van der Waals surface area contributed by atoms with Gasteiger partial charge in [0.2, 0.25) is 11.7 Å². The minimum Gasteiger partial charge on any atom is -0.497 e. The van der Waals surface area contributed by atoms with Crippen molar-refractivity contribution in [2.24, 2.45) is 0 Å². The zero-order chi connectivity index (χ0) is 26.1. The molecule has 0 fully saturated rings. The molecule has 10 nitrogen and oxygen atoms in total. The highest BCUT2D eigenvalue weighted by Gasteiger charge is 2.19. The van der Waals surface area contributed by atoms with E-state index in [4.69, 9.17) is 9.47 Å². The molecule has 0 aliphatic rings. The molecule has 1 amide bonds. The average molecular weight is 503 g/mol. The van der Waals surface area contributed by atoms with E-state index in [1.165, 1.54) is 35.3 Å². The molecule has 0 bridgehead atoms. The highest BCUT2D eigenvalue weighted by Crippen LogP contribution is 2.25. The summed E-state index contributed by atoms with van der Waals surface area (Å²) in [5.41, 5.74) is 0.478. The van der Waals surface area contributed by atoms with Crippen molar-refractivity contribution in [3.05, 3.63) is 98.9 Å². The van der Waals surface area contributed by atoms with E-state index in [-0.39, 0.29) is 17.9 Å². The predicted octanol–water partition coefficient (Wildman–Crippen LogP) is 2.65. The van der Waals surface area contributed by atoms with Crippen LogP contribution in [-0.2, 0) is 17.9 Å². The molecule has 188 valence electrons. The standard InChI is InChI=1S/C26H22FN5O5/c1-36-19-11-18(12-20(13-19)37-2)28-23(33)15-31-26(35)32-22-6-4-3-5-21(22)24(34)30(25(32)29-31)14-16-7-9-17(27)10-8-16/h3-13H,14-15H2,1-2H3,(H,28,33). The SMILES string of the molecule is COc1cc(NC(=O)Cn2nc3n(Cc4ccc(F)cc4)c(=O)c4ccccc4n3c2=O)cc(OC)c1. The van der Waals surface area contributed by atoms with E-state index < -0.39 is 24.0 Å². The molecule has 0 atom stereocenters. The lowest BCUT2D eigenvalue weighted by atomic mass is 10.2. The van der Waals surface area contributed by atoms with Gasteiger partial charge in [0, 0.05) is 23.9 Å². The quantitative estimate of drug-likeness (QED) is 0.366. The van der Waals surface area contributed by atoms with Crippen LogP contribution in [0, 0.1) is 5.82 Å². The minimum atomic E-state index is -0.586. The highest BCUT2D eigenvalue weighted by molar-refractivity contribution is 5.91. The number of halogens is 1. The summed E-state index contributed by atoms with van der Waals surface area (Å²) >= 11 is 0. The second-order valence-corrected chi connectivity index (χ2v) is 8.26. The van der Waals surface area contributed by atoms with Crippen LogP contribution in [-0.4, -0.2) is 38.9 Å². The van der Waals surface area contributed by atoms with Crippen LogP contribution < -0.4 is 26.0 Å². The fourth-order valence-corrected chi connectivity index (χ4v) is 4.10. The molecule has 5 rings (SSSR count). The van der Waals surface area contributed by atoms with Gasteiger partial charge in [-0.05, 0) is 29.8 Å². The van der Waals surface area contributed by atoms with Gasteiger partial charge in [-0.15, -0.1) is 5.10 Å². The predicted molar refractivity (Wildman–Crippen MR) is 135 cm³/mol. The van der Waals surface area contributed by atoms with E-state index >= 15 is 0 Å². The molecule has 11 heteroatoms. The second kappa shape index (κ2) is 9.61. The van der Waals surface area contributed by atoms with Crippen LogP contribution in [0.15, 0.2) is 76.3 Å². The summed E-state index contributed by atoms with van der Waals surface area (Å²) in [4.78, 5) is 39.6. The summed E-state index contributed by atoms with van der Waals surface area (Å²) in [6, 6.07) is 17.2. The Morgan fingerprint density at radius 2 is 1.65 bits per heavy atom. The van der Waals surface area contributed by atoms with E-state index in [2.05, 4.69) is 10.4 Å². The Kier molecular flexibility index (Phi) is 6.18. The van der Waals surface area contributed by atoms with E-state index in [9.17, 15) is 18.8 Å². The van der Waals surface area contributed by atoms with Crippen LogP contribution >= 0.6 is 0 Å². The maximum absolute atomic E-state index is 13.4. The van der Waals surface area contributed by atoms with Crippen LogP contribution in [0.25, 0.3) is 16.7 Å². The van der Waals surface area contributed by atoms with Gasteiger partial charge in [0.15, 0.2) is 0 Å². The van der Waals surface area contributed by atoms with Crippen LogP contribution in [0.3, 0.4) is 0 Å². The largest absolute Gasteiger partial charge is 0.497 e. The first-order valence-corrected chi connectivity index (χ1v) is 11.3. The Hall–Kier alpha value is -4.93. The zero-order valence-electron chi connectivity index (χ0n) is 20.0. The van der Waals surface area contributed by atoms with Crippen LogP contribution in [0.2, 0.25) is 0 Å². The number of rotatable bonds is 7. The molecule has 0 spiro atoms. The van der Waals surface area contributed by atoms with E-state index in [1.54, 1.807) is 54.6 Å². The highest BCUT2D eigenvalue weighted by atomic mass is 19.1. The molecule has 0 aliphatic heterocycles. The van der Waals surface area contributed by atoms with Gasteiger partial charge in [-0.25, -0.2) is 18.3 Å². The number of amides is 1. The molecule has 0 radical (unpaired) electrons. The Bertz CT molecular complexity index is 1730. The number of hydrogen-bond donors (Lipinski definition) is 1. The third-order valence-corrected chi connectivity index (χ3v) is 5.87. The number of nitrogens with one attached hydrogen (secondary N) is 1. The number of aromatic nitrogens is 4. The number of carbonyl (C=O) groups is 1. The van der Waals surface area contributed by atoms with Crippen molar-refractivity contribution >= 4 is 28.3 Å². The lowest BCUT2D eigenvalue weighted by Crippen LogP contribution is -2.29. The van der Waals surface area contributed by atoms with Crippen molar-refractivity contribution in [3.8, 4) is 11.5 Å². The van der Waals surface area contributed by atoms with Crippen molar-refractivity contribution < 1.29 is 18.7 Å². The molecule has 0 saturated heterocycles. The van der Waals surface area contributed by atoms with Gasteiger partial charge in [-0.1, -0.05) is 24.3 Å². The van der Waals surface area contributed by atoms with Crippen molar-refractivity contribution in [1.82, 2.24) is 18.7 Å². The molecule has 1 N–H and O–H groups in total. The van der Waals surface area contributed by atoms with Gasteiger partial charge in [-0.2, -0.15) is 0 Å². The molecule has 2 aromatic heterocycles. The minimum absolute atomic E-state index is 0.0553. The third-order valence-electron chi connectivity index (χ3n) is 5.87. The zero-order valence-corrected chi connectivity index (χ0v) is 20.0. The van der Waals surface area contributed by atoms with Crippen molar-refractivity contribution in [2.75, 3.05) is 19.5 Å². The molecule has 3 aromatic carbocycles. The average Bonchev–Trinajstić information content (AvgIpc) is 3.22. The number of ether oxygens (including phenoxy) is 2. The number of carbonyl (C=O) groups excluding carboxylic acids is 1. The van der Waals surface area contributed by atoms with Gasteiger partial charge in [0.25, 0.3) is 5.56 Å². The maximum Gasteiger partial charge on any atom is 0.352 e.